The van der Waals surface area contributed by atoms with E-state index in [1.807, 2.05) is 0 Å². The number of fused-ring (bicyclic) bond motifs is 1. The monoisotopic (exact) mass is 361 g/mol. The van der Waals surface area contributed by atoms with Crippen LogP contribution in [0.1, 0.15) is 15.9 Å². The second-order valence-electron chi connectivity index (χ2n) is 5.48. The fourth-order valence-electron chi connectivity index (χ4n) is 2.34. The summed E-state index contributed by atoms with van der Waals surface area (Å²) in [6.45, 7) is 1.64. The summed E-state index contributed by atoms with van der Waals surface area (Å²) in [5, 5.41) is 10.9. The van der Waals surface area contributed by atoms with E-state index in [1.165, 1.54) is 48.0 Å². The summed E-state index contributed by atoms with van der Waals surface area (Å²) < 4.78 is 33.7. The van der Waals surface area contributed by atoms with Crippen LogP contribution in [0, 0.1) is 6.92 Å². The first-order valence-corrected chi connectivity index (χ1v) is 8.62. The van der Waals surface area contributed by atoms with Crippen molar-refractivity contribution in [1.29, 1.82) is 0 Å². The molecule has 25 heavy (non-hydrogen) atoms. The van der Waals surface area contributed by atoms with Crippen molar-refractivity contribution in [2.75, 3.05) is 4.72 Å². The lowest BCUT2D eigenvalue weighted by Crippen LogP contribution is -2.22. The minimum Gasteiger partial charge on any atom is -0.545 e. The molecule has 0 saturated carbocycles. The zero-order valence-electron chi connectivity index (χ0n) is 13.3. The van der Waals surface area contributed by atoms with Gasteiger partial charge < -0.3 is 14.3 Å². The topological polar surface area (TPSA) is 121 Å². The van der Waals surface area contributed by atoms with Gasteiger partial charge in [-0.1, -0.05) is 12.1 Å². The van der Waals surface area contributed by atoms with Gasteiger partial charge in [-0.15, -0.1) is 0 Å². The zero-order chi connectivity index (χ0) is 18.4. The summed E-state index contributed by atoms with van der Waals surface area (Å²) in [6.07, 6.45) is 0. The highest BCUT2D eigenvalue weighted by Gasteiger charge is 2.18. The van der Waals surface area contributed by atoms with Crippen LogP contribution in [0.4, 0.5) is 5.69 Å². The number of nitrogens with one attached hydrogen (secondary N) is 1. The minimum atomic E-state index is -4.01. The molecule has 0 bridgehead atoms. The average Bonchev–Trinajstić information content (AvgIpc) is 2.83. The molecule has 0 aliphatic heterocycles. The highest BCUT2D eigenvalue weighted by atomic mass is 32.2. The van der Waals surface area contributed by atoms with Crippen molar-refractivity contribution in [3.8, 4) is 0 Å². The third-order valence-electron chi connectivity index (χ3n) is 3.79. The first-order chi connectivity index (χ1) is 11.7. The molecule has 1 N–H and O–H groups in total. The van der Waals surface area contributed by atoms with Crippen molar-refractivity contribution in [3.05, 3.63) is 58.1 Å². The van der Waals surface area contributed by atoms with Crippen molar-refractivity contribution >= 4 is 32.8 Å². The predicted molar refractivity (Wildman–Crippen MR) is 87.8 cm³/mol. The Morgan fingerprint density at radius 1 is 1.20 bits per heavy atom. The maximum atomic E-state index is 12.6. The summed E-state index contributed by atoms with van der Waals surface area (Å²) >= 11 is 0. The Bertz CT molecular complexity index is 1160. The molecule has 0 aliphatic rings. The average molecular weight is 361 g/mol. The highest BCUT2D eigenvalue weighted by Crippen LogP contribution is 2.23. The minimum absolute atomic E-state index is 0.118. The third-order valence-corrected chi connectivity index (χ3v) is 5.15. The Morgan fingerprint density at radius 3 is 2.60 bits per heavy atom. The number of anilines is 1. The van der Waals surface area contributed by atoms with Gasteiger partial charge in [0.25, 0.3) is 10.0 Å². The van der Waals surface area contributed by atoms with E-state index in [0.29, 0.717) is 11.1 Å². The van der Waals surface area contributed by atoms with Crippen molar-refractivity contribution in [2.24, 2.45) is 7.05 Å². The molecule has 0 amide bonds. The first kappa shape index (κ1) is 16.8. The number of aryl methyl sites for hydroxylation is 2. The van der Waals surface area contributed by atoms with Crippen LogP contribution in [0.5, 0.6) is 0 Å². The SMILES string of the molecule is Cc1ccc(C(=O)[O-])cc1NS(=O)(=O)c1ccc2c(c1)oc(=O)n2C. The maximum absolute atomic E-state index is 12.6. The van der Waals surface area contributed by atoms with Crippen molar-refractivity contribution < 1.29 is 22.7 Å². The maximum Gasteiger partial charge on any atom is 0.419 e. The van der Waals surface area contributed by atoms with Gasteiger partial charge in [-0.3, -0.25) is 9.29 Å². The largest absolute Gasteiger partial charge is 0.545 e. The van der Waals surface area contributed by atoms with Gasteiger partial charge in [0.15, 0.2) is 5.58 Å². The molecule has 0 saturated heterocycles. The molecule has 3 aromatic rings. The molecule has 3 rings (SSSR count). The van der Waals surface area contributed by atoms with Gasteiger partial charge in [-0.05, 0) is 36.2 Å². The quantitative estimate of drug-likeness (QED) is 0.726. The van der Waals surface area contributed by atoms with E-state index in [1.54, 1.807) is 6.92 Å². The van der Waals surface area contributed by atoms with Gasteiger partial charge in [0.2, 0.25) is 0 Å². The third kappa shape index (κ3) is 3.01. The van der Waals surface area contributed by atoms with Gasteiger partial charge in [0.05, 0.1) is 22.1 Å². The number of nitrogens with zero attached hydrogens (tertiary/aromatic N) is 1. The van der Waals surface area contributed by atoms with Gasteiger partial charge in [0.1, 0.15) is 0 Å². The number of aromatic carboxylic acids is 1. The molecule has 8 nitrogen and oxygen atoms in total. The number of benzene rings is 2. The molecule has 0 radical (unpaired) electrons. The molecular formula is C16H13N2O6S-. The zero-order valence-corrected chi connectivity index (χ0v) is 14.1. The van der Waals surface area contributed by atoms with Crippen LogP contribution in [0.15, 0.2) is 50.5 Å². The molecule has 0 aliphatic carbocycles. The molecule has 1 aromatic heterocycles. The lowest BCUT2D eigenvalue weighted by atomic mass is 10.1. The van der Waals surface area contributed by atoms with Crippen LogP contribution >= 0.6 is 0 Å². The van der Waals surface area contributed by atoms with Crippen molar-refractivity contribution in [1.82, 2.24) is 4.57 Å². The molecular weight excluding hydrogens is 348 g/mol. The Balaban J connectivity index is 2.04. The Labute approximate surface area is 142 Å². The molecule has 0 fully saturated rings. The van der Waals surface area contributed by atoms with E-state index in [9.17, 15) is 23.1 Å². The van der Waals surface area contributed by atoms with Crippen molar-refractivity contribution in [2.45, 2.75) is 11.8 Å². The number of carbonyl (C=O) groups is 1. The lowest BCUT2D eigenvalue weighted by molar-refractivity contribution is -0.255. The number of sulfonamides is 1. The second kappa shape index (κ2) is 5.78. The van der Waals surface area contributed by atoms with Gasteiger partial charge in [-0.2, -0.15) is 0 Å². The van der Waals surface area contributed by atoms with Crippen LogP contribution in [-0.2, 0) is 17.1 Å². The Morgan fingerprint density at radius 2 is 1.92 bits per heavy atom. The summed E-state index contributed by atoms with van der Waals surface area (Å²) in [7, 11) is -2.50. The van der Waals surface area contributed by atoms with E-state index in [-0.39, 0.29) is 21.7 Å². The second-order valence-corrected chi connectivity index (χ2v) is 7.16. The number of carboxylic acid groups (broad SMARTS) is 1. The number of oxazole rings is 1. The first-order valence-electron chi connectivity index (χ1n) is 7.13. The van der Waals surface area contributed by atoms with Crippen LogP contribution in [0.3, 0.4) is 0 Å². The molecule has 0 spiro atoms. The van der Waals surface area contributed by atoms with Crippen molar-refractivity contribution in [3.63, 3.8) is 0 Å². The standard InChI is InChI=1S/C16H14N2O6S/c1-9-3-4-10(15(19)20)7-12(9)17-25(22,23)11-5-6-13-14(8-11)24-16(21)18(13)2/h3-8,17H,1-2H3,(H,19,20)/p-1. The Hall–Kier alpha value is -3.07. The van der Waals surface area contributed by atoms with E-state index < -0.39 is 21.7 Å². The molecule has 130 valence electrons. The van der Waals surface area contributed by atoms with E-state index in [0.717, 1.165) is 0 Å². The number of aromatic nitrogens is 1. The predicted octanol–water partition coefficient (Wildman–Crippen LogP) is 0.604. The highest BCUT2D eigenvalue weighted by molar-refractivity contribution is 7.92. The van der Waals surface area contributed by atoms with E-state index >= 15 is 0 Å². The molecule has 0 atom stereocenters. The van der Waals surface area contributed by atoms with Gasteiger partial charge in [0, 0.05) is 13.1 Å². The van der Waals surface area contributed by atoms with Crippen LogP contribution in [0.2, 0.25) is 0 Å². The molecule has 0 unspecified atom stereocenters. The summed E-state index contributed by atoms with van der Waals surface area (Å²) in [4.78, 5) is 22.3. The van der Waals surface area contributed by atoms with Crippen LogP contribution < -0.4 is 15.6 Å². The summed E-state index contributed by atoms with van der Waals surface area (Å²) in [6, 6.07) is 8.01. The number of carboxylic acids is 1. The van der Waals surface area contributed by atoms with Crippen LogP contribution in [-0.4, -0.2) is 19.0 Å². The van der Waals surface area contributed by atoms with Gasteiger partial charge >= 0.3 is 5.76 Å². The number of rotatable bonds is 4. The Kier molecular flexibility index (Phi) is 3.88. The fraction of sp³-hybridized carbons (Fsp3) is 0.125. The fourth-order valence-corrected chi connectivity index (χ4v) is 3.48. The summed E-state index contributed by atoms with van der Waals surface area (Å²) in [5.74, 6) is -2.01. The number of hydrogen-bond acceptors (Lipinski definition) is 6. The molecule has 2 aromatic carbocycles. The normalized spacial score (nSPS) is 11.6. The molecule has 9 heteroatoms. The smallest absolute Gasteiger partial charge is 0.419 e. The number of carbonyl (C=O) groups excluding carboxylic acids is 1. The van der Waals surface area contributed by atoms with Gasteiger partial charge in [-0.25, -0.2) is 13.2 Å². The molecule has 1 heterocycles. The summed E-state index contributed by atoms with van der Waals surface area (Å²) in [5.41, 5.74) is 1.11. The lowest BCUT2D eigenvalue weighted by Gasteiger charge is -2.12. The van der Waals surface area contributed by atoms with E-state index in [2.05, 4.69) is 4.72 Å². The van der Waals surface area contributed by atoms with Crippen LogP contribution in [0.25, 0.3) is 11.1 Å². The number of hydrogen-bond donors (Lipinski definition) is 1. The van der Waals surface area contributed by atoms with E-state index in [4.69, 9.17) is 4.42 Å².